The molecule has 0 aliphatic carbocycles. The van der Waals surface area contributed by atoms with Crippen LogP contribution in [0.4, 0.5) is 5.69 Å². The summed E-state index contributed by atoms with van der Waals surface area (Å²) in [6, 6.07) is 6.80. The van der Waals surface area contributed by atoms with Crippen LogP contribution in [-0.4, -0.2) is 29.1 Å². The Bertz CT molecular complexity index is 654. The van der Waals surface area contributed by atoms with Crippen LogP contribution in [0.25, 0.3) is 0 Å². The first-order valence-corrected chi connectivity index (χ1v) is 7.13. The average Bonchev–Trinajstić information content (AvgIpc) is 2.84. The SMILES string of the molecule is CNC(=O)c1ccc(NC(=O)CCc2c(C)n[nH]c2C)cc1. The fourth-order valence-corrected chi connectivity index (χ4v) is 2.25. The number of aromatic nitrogens is 2. The highest BCUT2D eigenvalue weighted by molar-refractivity contribution is 5.95. The molecular weight excluding hydrogens is 280 g/mol. The Morgan fingerprint density at radius 1 is 1.18 bits per heavy atom. The van der Waals surface area contributed by atoms with Crippen LogP contribution in [-0.2, 0) is 11.2 Å². The normalized spacial score (nSPS) is 10.3. The second-order valence-corrected chi connectivity index (χ2v) is 5.12. The van der Waals surface area contributed by atoms with Gasteiger partial charge in [0.2, 0.25) is 5.91 Å². The third-order valence-corrected chi connectivity index (χ3v) is 3.54. The van der Waals surface area contributed by atoms with E-state index in [1.165, 1.54) is 0 Å². The van der Waals surface area contributed by atoms with Gasteiger partial charge in [-0.2, -0.15) is 5.10 Å². The van der Waals surface area contributed by atoms with Crippen molar-refractivity contribution in [3.05, 3.63) is 46.8 Å². The van der Waals surface area contributed by atoms with Crippen molar-refractivity contribution in [1.29, 1.82) is 0 Å². The molecule has 2 rings (SSSR count). The zero-order valence-electron chi connectivity index (χ0n) is 13.0. The Kier molecular flexibility index (Phi) is 4.93. The van der Waals surface area contributed by atoms with Gasteiger partial charge in [0.05, 0.1) is 5.69 Å². The first-order valence-electron chi connectivity index (χ1n) is 7.13. The zero-order valence-corrected chi connectivity index (χ0v) is 13.0. The number of hydrogen-bond donors (Lipinski definition) is 3. The Morgan fingerprint density at radius 3 is 2.41 bits per heavy atom. The minimum atomic E-state index is -0.149. The number of nitrogens with zero attached hydrogens (tertiary/aromatic N) is 1. The van der Waals surface area contributed by atoms with Crippen molar-refractivity contribution in [3.63, 3.8) is 0 Å². The van der Waals surface area contributed by atoms with Crippen molar-refractivity contribution in [2.45, 2.75) is 26.7 Å². The summed E-state index contributed by atoms with van der Waals surface area (Å²) in [6.07, 6.45) is 1.04. The van der Waals surface area contributed by atoms with Gasteiger partial charge in [0.25, 0.3) is 5.91 Å². The summed E-state index contributed by atoms with van der Waals surface area (Å²) in [4.78, 5) is 23.4. The van der Waals surface area contributed by atoms with Gasteiger partial charge < -0.3 is 10.6 Å². The third-order valence-electron chi connectivity index (χ3n) is 3.54. The van der Waals surface area contributed by atoms with E-state index in [0.717, 1.165) is 17.0 Å². The molecule has 0 aliphatic rings. The van der Waals surface area contributed by atoms with Crippen molar-refractivity contribution in [3.8, 4) is 0 Å². The van der Waals surface area contributed by atoms with E-state index < -0.39 is 0 Å². The molecule has 0 bridgehead atoms. The van der Waals surface area contributed by atoms with Gasteiger partial charge in [-0.3, -0.25) is 14.7 Å². The molecule has 1 heterocycles. The lowest BCUT2D eigenvalue weighted by Gasteiger charge is -2.06. The van der Waals surface area contributed by atoms with E-state index in [4.69, 9.17) is 0 Å². The number of hydrogen-bond acceptors (Lipinski definition) is 3. The molecule has 0 fully saturated rings. The first kappa shape index (κ1) is 15.8. The monoisotopic (exact) mass is 300 g/mol. The molecule has 0 radical (unpaired) electrons. The number of H-pyrrole nitrogens is 1. The van der Waals surface area contributed by atoms with Crippen LogP contribution in [0.15, 0.2) is 24.3 Å². The number of anilines is 1. The van der Waals surface area contributed by atoms with E-state index in [0.29, 0.717) is 24.1 Å². The highest BCUT2D eigenvalue weighted by Crippen LogP contribution is 2.14. The summed E-state index contributed by atoms with van der Waals surface area (Å²) >= 11 is 0. The predicted molar refractivity (Wildman–Crippen MR) is 84.8 cm³/mol. The van der Waals surface area contributed by atoms with Crippen molar-refractivity contribution >= 4 is 17.5 Å². The molecule has 6 heteroatoms. The second kappa shape index (κ2) is 6.89. The molecule has 0 saturated carbocycles. The molecule has 0 aliphatic heterocycles. The Morgan fingerprint density at radius 2 is 1.86 bits per heavy atom. The number of aromatic amines is 1. The van der Waals surface area contributed by atoms with Gasteiger partial charge >= 0.3 is 0 Å². The van der Waals surface area contributed by atoms with Gasteiger partial charge in [0, 0.05) is 30.4 Å². The van der Waals surface area contributed by atoms with Crippen molar-refractivity contribution in [2.24, 2.45) is 0 Å². The molecule has 116 valence electrons. The lowest BCUT2D eigenvalue weighted by Crippen LogP contribution is -2.18. The standard InChI is InChI=1S/C16H20N4O2/c1-10-14(11(2)20-19-10)8-9-15(21)18-13-6-4-12(5-7-13)16(22)17-3/h4-7H,8-9H2,1-3H3,(H,17,22)(H,18,21)(H,19,20). The molecule has 6 nitrogen and oxygen atoms in total. The van der Waals surface area contributed by atoms with Crippen molar-refractivity contribution in [2.75, 3.05) is 12.4 Å². The van der Waals surface area contributed by atoms with Gasteiger partial charge in [0.15, 0.2) is 0 Å². The fraction of sp³-hybridized carbons (Fsp3) is 0.312. The fourth-order valence-electron chi connectivity index (χ4n) is 2.25. The van der Waals surface area contributed by atoms with Crippen LogP contribution in [0.1, 0.15) is 33.7 Å². The van der Waals surface area contributed by atoms with Crippen LogP contribution in [0.5, 0.6) is 0 Å². The molecule has 1 aromatic heterocycles. The molecule has 3 N–H and O–H groups in total. The van der Waals surface area contributed by atoms with E-state index in [9.17, 15) is 9.59 Å². The Labute approximate surface area is 129 Å². The molecule has 0 saturated heterocycles. The summed E-state index contributed by atoms with van der Waals surface area (Å²) in [6.45, 7) is 3.87. The van der Waals surface area contributed by atoms with E-state index in [1.54, 1.807) is 31.3 Å². The largest absolute Gasteiger partial charge is 0.355 e. The highest BCUT2D eigenvalue weighted by atomic mass is 16.2. The van der Waals surface area contributed by atoms with Gasteiger partial charge in [0.1, 0.15) is 0 Å². The summed E-state index contributed by atoms with van der Waals surface area (Å²) < 4.78 is 0. The van der Waals surface area contributed by atoms with Crippen LogP contribution >= 0.6 is 0 Å². The van der Waals surface area contributed by atoms with E-state index >= 15 is 0 Å². The maximum atomic E-state index is 12.0. The van der Waals surface area contributed by atoms with E-state index in [1.807, 2.05) is 13.8 Å². The molecule has 0 unspecified atom stereocenters. The molecule has 2 amide bonds. The molecule has 0 atom stereocenters. The van der Waals surface area contributed by atoms with Gasteiger partial charge in [-0.05, 0) is 50.1 Å². The maximum absolute atomic E-state index is 12.0. The second-order valence-electron chi connectivity index (χ2n) is 5.12. The smallest absolute Gasteiger partial charge is 0.251 e. The summed E-state index contributed by atoms with van der Waals surface area (Å²) in [5.74, 6) is -0.212. The molecular formula is C16H20N4O2. The minimum Gasteiger partial charge on any atom is -0.355 e. The van der Waals surface area contributed by atoms with Gasteiger partial charge in [-0.15, -0.1) is 0 Å². The lowest BCUT2D eigenvalue weighted by atomic mass is 10.1. The van der Waals surface area contributed by atoms with E-state index in [-0.39, 0.29) is 11.8 Å². The predicted octanol–water partition coefficient (Wildman–Crippen LogP) is 1.96. The summed E-state index contributed by atoms with van der Waals surface area (Å²) in [7, 11) is 1.58. The number of aryl methyl sites for hydroxylation is 2. The lowest BCUT2D eigenvalue weighted by molar-refractivity contribution is -0.116. The highest BCUT2D eigenvalue weighted by Gasteiger charge is 2.10. The van der Waals surface area contributed by atoms with Crippen LogP contribution in [0.2, 0.25) is 0 Å². The Balaban J connectivity index is 1.91. The van der Waals surface area contributed by atoms with Gasteiger partial charge in [-0.1, -0.05) is 0 Å². The number of benzene rings is 1. The maximum Gasteiger partial charge on any atom is 0.251 e. The zero-order chi connectivity index (χ0) is 16.1. The quantitative estimate of drug-likeness (QED) is 0.789. The number of carbonyl (C=O) groups excluding carboxylic acids is 2. The summed E-state index contributed by atoms with van der Waals surface area (Å²) in [5, 5.41) is 12.4. The van der Waals surface area contributed by atoms with Crippen LogP contribution < -0.4 is 10.6 Å². The van der Waals surface area contributed by atoms with Gasteiger partial charge in [-0.25, -0.2) is 0 Å². The van der Waals surface area contributed by atoms with E-state index in [2.05, 4.69) is 20.8 Å². The number of carbonyl (C=O) groups is 2. The summed E-state index contributed by atoms with van der Waals surface area (Å²) in [5.41, 5.74) is 4.26. The average molecular weight is 300 g/mol. The number of nitrogens with one attached hydrogen (secondary N) is 3. The molecule has 2 aromatic rings. The first-order chi connectivity index (χ1) is 10.5. The number of rotatable bonds is 5. The molecule has 0 spiro atoms. The topological polar surface area (TPSA) is 86.9 Å². The molecule has 22 heavy (non-hydrogen) atoms. The van der Waals surface area contributed by atoms with Crippen LogP contribution in [0.3, 0.4) is 0 Å². The van der Waals surface area contributed by atoms with Crippen LogP contribution in [0, 0.1) is 13.8 Å². The van der Waals surface area contributed by atoms with Crippen molar-refractivity contribution < 1.29 is 9.59 Å². The van der Waals surface area contributed by atoms with Crippen molar-refractivity contribution in [1.82, 2.24) is 15.5 Å². The Hall–Kier alpha value is -2.63. The third kappa shape index (κ3) is 3.72. The number of amides is 2. The molecule has 1 aromatic carbocycles. The minimum absolute atomic E-state index is 0.0623.